The summed E-state index contributed by atoms with van der Waals surface area (Å²) in [6.07, 6.45) is 0.877. The van der Waals surface area contributed by atoms with Crippen molar-refractivity contribution in [1.82, 2.24) is 10.6 Å². The zero-order valence-electron chi connectivity index (χ0n) is 9.83. The lowest BCUT2D eigenvalue weighted by atomic mass is 10.1. The van der Waals surface area contributed by atoms with Crippen LogP contribution < -0.4 is 22.1 Å². The first-order chi connectivity index (χ1) is 8.22. The maximum absolute atomic E-state index is 11.0. The minimum Gasteiger partial charge on any atom is -0.368 e. The highest BCUT2D eigenvalue weighted by Gasteiger charge is 2.19. The van der Waals surface area contributed by atoms with Crippen LogP contribution in [-0.4, -0.2) is 40.6 Å². The number of urea groups is 1. The quantitative estimate of drug-likeness (QED) is 0.220. The molecule has 0 aliphatic heterocycles. The summed E-state index contributed by atoms with van der Waals surface area (Å²) >= 11 is 0. The van der Waals surface area contributed by atoms with Crippen LogP contribution in [-0.2, 0) is 9.36 Å². The van der Waals surface area contributed by atoms with Crippen molar-refractivity contribution in [2.24, 2.45) is 11.5 Å². The standard InChI is InChI=1S/C8H19N4O5P/c9-7(13)6(12-5-18(15,16)17)3-1-2-4-11-8(10)14/h6,12H,1-5H2,(H2,9,13)(H3,10,11,14)(H2,15,16,17)/t6-/m0/s1. The maximum Gasteiger partial charge on any atom is 0.339 e. The molecule has 0 aliphatic carbocycles. The average Bonchev–Trinajstić information content (AvgIpc) is 2.19. The minimum absolute atomic E-state index is 0.329. The van der Waals surface area contributed by atoms with E-state index >= 15 is 0 Å². The maximum atomic E-state index is 11.0. The molecule has 9 nitrogen and oxygen atoms in total. The van der Waals surface area contributed by atoms with E-state index in [1.54, 1.807) is 0 Å². The number of unbranched alkanes of at least 4 members (excludes halogenated alkanes) is 1. The number of nitrogens with two attached hydrogens (primary N) is 2. The van der Waals surface area contributed by atoms with Gasteiger partial charge in [0.25, 0.3) is 0 Å². The van der Waals surface area contributed by atoms with E-state index in [0.29, 0.717) is 25.8 Å². The zero-order chi connectivity index (χ0) is 14.2. The van der Waals surface area contributed by atoms with Crippen molar-refractivity contribution in [1.29, 1.82) is 0 Å². The number of hydrogen-bond acceptors (Lipinski definition) is 4. The second kappa shape index (κ2) is 8.04. The topological polar surface area (TPSA) is 168 Å². The van der Waals surface area contributed by atoms with E-state index in [1.807, 2.05) is 0 Å². The molecule has 3 amide bonds. The van der Waals surface area contributed by atoms with Crippen LogP contribution in [0, 0.1) is 0 Å². The van der Waals surface area contributed by atoms with Crippen molar-refractivity contribution in [3.8, 4) is 0 Å². The highest BCUT2D eigenvalue weighted by molar-refractivity contribution is 7.51. The molecule has 0 saturated carbocycles. The number of rotatable bonds is 9. The van der Waals surface area contributed by atoms with E-state index in [9.17, 15) is 14.2 Å². The first-order valence-corrected chi connectivity index (χ1v) is 7.12. The summed E-state index contributed by atoms with van der Waals surface area (Å²) in [6, 6.07) is -1.42. The van der Waals surface area contributed by atoms with Gasteiger partial charge in [0, 0.05) is 6.54 Å². The van der Waals surface area contributed by atoms with Gasteiger partial charge in [0.15, 0.2) is 0 Å². The van der Waals surface area contributed by atoms with Gasteiger partial charge in [0.1, 0.15) is 0 Å². The van der Waals surface area contributed by atoms with Gasteiger partial charge in [-0.3, -0.25) is 14.7 Å². The summed E-state index contributed by atoms with van der Waals surface area (Å²) < 4.78 is 10.6. The number of amides is 3. The fourth-order valence-electron chi connectivity index (χ4n) is 1.26. The second-order valence-corrected chi connectivity index (χ2v) is 5.41. The van der Waals surface area contributed by atoms with Gasteiger partial charge in [-0.15, -0.1) is 0 Å². The molecular weight excluding hydrogens is 263 g/mol. The molecule has 8 N–H and O–H groups in total. The fraction of sp³-hybridized carbons (Fsp3) is 0.750. The molecule has 0 saturated heterocycles. The van der Waals surface area contributed by atoms with E-state index in [2.05, 4.69) is 10.6 Å². The molecule has 0 radical (unpaired) electrons. The van der Waals surface area contributed by atoms with Gasteiger partial charge in [0.05, 0.1) is 12.3 Å². The zero-order valence-corrected chi connectivity index (χ0v) is 10.7. The van der Waals surface area contributed by atoms with E-state index in [1.165, 1.54) is 0 Å². The Balaban J connectivity index is 3.88. The van der Waals surface area contributed by atoms with Gasteiger partial charge in [-0.1, -0.05) is 0 Å². The lowest BCUT2D eigenvalue weighted by molar-refractivity contribution is -0.120. The van der Waals surface area contributed by atoms with Crippen LogP contribution in [0.25, 0.3) is 0 Å². The highest BCUT2D eigenvalue weighted by atomic mass is 31.2. The molecule has 0 spiro atoms. The molecule has 0 aliphatic rings. The Hall–Kier alpha value is -1.15. The van der Waals surface area contributed by atoms with E-state index in [4.69, 9.17) is 21.3 Å². The number of carbonyl (C=O) groups is 2. The second-order valence-electron chi connectivity index (χ2n) is 3.77. The molecule has 10 heteroatoms. The molecule has 0 aromatic heterocycles. The molecule has 106 valence electrons. The third-order valence-corrected chi connectivity index (χ3v) is 2.70. The van der Waals surface area contributed by atoms with Crippen molar-refractivity contribution in [2.75, 3.05) is 12.8 Å². The van der Waals surface area contributed by atoms with Crippen LogP contribution in [0.5, 0.6) is 0 Å². The van der Waals surface area contributed by atoms with Gasteiger partial charge in [-0.25, -0.2) is 4.79 Å². The largest absolute Gasteiger partial charge is 0.368 e. The van der Waals surface area contributed by atoms with Gasteiger partial charge < -0.3 is 26.6 Å². The molecule has 18 heavy (non-hydrogen) atoms. The first-order valence-electron chi connectivity index (χ1n) is 5.33. The molecular formula is C8H19N4O5P. The Morgan fingerprint density at radius 1 is 1.22 bits per heavy atom. The van der Waals surface area contributed by atoms with Crippen molar-refractivity contribution in [2.45, 2.75) is 25.3 Å². The molecule has 0 aromatic rings. The number of hydrogen-bond donors (Lipinski definition) is 6. The molecule has 1 atom stereocenters. The molecule has 0 heterocycles. The number of primary amides is 2. The highest BCUT2D eigenvalue weighted by Crippen LogP contribution is 2.32. The third-order valence-electron chi connectivity index (χ3n) is 2.11. The van der Waals surface area contributed by atoms with E-state index in [0.717, 1.165) is 0 Å². The molecule has 0 unspecified atom stereocenters. The van der Waals surface area contributed by atoms with E-state index < -0.39 is 31.9 Å². The normalized spacial score (nSPS) is 13.0. The summed E-state index contributed by atoms with van der Waals surface area (Å²) in [7, 11) is -4.21. The summed E-state index contributed by atoms with van der Waals surface area (Å²) in [5.41, 5.74) is 9.94. The van der Waals surface area contributed by atoms with Gasteiger partial charge in [-0.2, -0.15) is 0 Å². The summed E-state index contributed by atoms with van der Waals surface area (Å²) in [6.45, 7) is 0.374. The van der Waals surface area contributed by atoms with Crippen molar-refractivity contribution in [3.05, 3.63) is 0 Å². The van der Waals surface area contributed by atoms with E-state index in [-0.39, 0.29) is 0 Å². The van der Waals surface area contributed by atoms with Crippen LogP contribution in [0.1, 0.15) is 19.3 Å². The summed E-state index contributed by atoms with van der Waals surface area (Å²) in [5, 5.41) is 4.79. The van der Waals surface area contributed by atoms with Gasteiger partial charge in [-0.05, 0) is 19.3 Å². The number of carbonyl (C=O) groups excluding carboxylic acids is 2. The number of nitrogens with one attached hydrogen (secondary N) is 2. The van der Waals surface area contributed by atoms with Crippen molar-refractivity contribution in [3.63, 3.8) is 0 Å². The molecule has 0 aromatic carbocycles. The van der Waals surface area contributed by atoms with Crippen LogP contribution in [0.15, 0.2) is 0 Å². The SMILES string of the molecule is NC(=O)NCCCC[C@H](NCP(=O)(O)O)C(N)=O. The molecule has 0 rings (SSSR count). The van der Waals surface area contributed by atoms with Crippen LogP contribution >= 0.6 is 7.60 Å². The minimum atomic E-state index is -4.21. The molecule has 0 fully saturated rings. The Labute approximate surface area is 104 Å². The van der Waals surface area contributed by atoms with Gasteiger partial charge in [0.2, 0.25) is 5.91 Å². The lowest BCUT2D eigenvalue weighted by Crippen LogP contribution is -2.41. The van der Waals surface area contributed by atoms with Crippen LogP contribution in [0.2, 0.25) is 0 Å². The van der Waals surface area contributed by atoms with Crippen molar-refractivity contribution < 1.29 is 23.9 Å². The fourth-order valence-corrected chi connectivity index (χ4v) is 1.72. The van der Waals surface area contributed by atoms with Crippen molar-refractivity contribution >= 4 is 19.5 Å². The molecule has 0 bridgehead atoms. The Morgan fingerprint density at radius 2 is 1.83 bits per heavy atom. The monoisotopic (exact) mass is 282 g/mol. The average molecular weight is 282 g/mol. The Bertz CT molecular complexity index is 331. The first kappa shape index (κ1) is 16.9. The predicted octanol–water partition coefficient (Wildman–Crippen LogP) is -1.60. The summed E-state index contributed by atoms with van der Waals surface area (Å²) in [4.78, 5) is 38.7. The third kappa shape index (κ3) is 10.0. The Kier molecular flexibility index (Phi) is 7.53. The van der Waals surface area contributed by atoms with Gasteiger partial charge >= 0.3 is 13.6 Å². The van der Waals surface area contributed by atoms with Crippen LogP contribution in [0.4, 0.5) is 4.79 Å². The smallest absolute Gasteiger partial charge is 0.339 e. The summed E-state index contributed by atoms with van der Waals surface area (Å²) in [5.74, 6) is -0.675. The Morgan fingerprint density at radius 3 is 2.28 bits per heavy atom. The predicted molar refractivity (Wildman–Crippen MR) is 64.5 cm³/mol. The van der Waals surface area contributed by atoms with Crippen LogP contribution in [0.3, 0.4) is 0 Å². The lowest BCUT2D eigenvalue weighted by Gasteiger charge is -2.15.